The van der Waals surface area contributed by atoms with Crippen molar-refractivity contribution in [1.82, 2.24) is 10.6 Å². The predicted octanol–water partition coefficient (Wildman–Crippen LogP) is 0.526. The van der Waals surface area contributed by atoms with Crippen LogP contribution < -0.4 is 10.6 Å². The van der Waals surface area contributed by atoms with Crippen LogP contribution in [0.25, 0.3) is 0 Å². The fourth-order valence-corrected chi connectivity index (χ4v) is 2.58. The van der Waals surface area contributed by atoms with Crippen LogP contribution in [0, 0.1) is 11.8 Å². The molecular formula is C12H22N2O2. The van der Waals surface area contributed by atoms with Gasteiger partial charge in [-0.2, -0.15) is 0 Å². The highest BCUT2D eigenvalue weighted by atomic mass is 16.5. The van der Waals surface area contributed by atoms with Gasteiger partial charge in [-0.3, -0.25) is 4.79 Å². The molecule has 4 heteroatoms. The highest BCUT2D eigenvalue weighted by molar-refractivity contribution is 5.79. The van der Waals surface area contributed by atoms with Gasteiger partial charge in [0.05, 0.1) is 18.1 Å². The molecule has 2 saturated heterocycles. The van der Waals surface area contributed by atoms with Crippen molar-refractivity contribution in [3.8, 4) is 0 Å². The molecule has 2 fully saturated rings. The summed E-state index contributed by atoms with van der Waals surface area (Å²) >= 11 is 0. The average Bonchev–Trinajstić information content (AvgIpc) is 2.86. The fraction of sp³-hybridized carbons (Fsp3) is 0.917. The molecule has 0 aromatic rings. The van der Waals surface area contributed by atoms with Gasteiger partial charge in [0.2, 0.25) is 5.91 Å². The first-order valence-corrected chi connectivity index (χ1v) is 6.31. The molecule has 2 rings (SSSR count). The summed E-state index contributed by atoms with van der Waals surface area (Å²) in [5.41, 5.74) is 0. The number of rotatable bonds is 3. The van der Waals surface area contributed by atoms with Crippen LogP contribution in [-0.4, -0.2) is 37.7 Å². The molecule has 16 heavy (non-hydrogen) atoms. The summed E-state index contributed by atoms with van der Waals surface area (Å²) in [4.78, 5) is 12.0. The Morgan fingerprint density at radius 3 is 2.88 bits per heavy atom. The topological polar surface area (TPSA) is 50.4 Å². The zero-order chi connectivity index (χ0) is 11.5. The van der Waals surface area contributed by atoms with Crippen molar-refractivity contribution in [2.75, 3.05) is 19.7 Å². The summed E-state index contributed by atoms with van der Waals surface area (Å²) in [6.07, 6.45) is 2.40. The van der Waals surface area contributed by atoms with Gasteiger partial charge in [-0.05, 0) is 32.2 Å². The number of hydrogen-bond acceptors (Lipinski definition) is 3. The van der Waals surface area contributed by atoms with Crippen LogP contribution in [-0.2, 0) is 9.53 Å². The quantitative estimate of drug-likeness (QED) is 0.738. The lowest BCUT2D eigenvalue weighted by Gasteiger charge is -2.23. The Morgan fingerprint density at radius 2 is 2.31 bits per heavy atom. The first kappa shape index (κ1) is 11.9. The van der Waals surface area contributed by atoms with Crippen LogP contribution in [0.4, 0.5) is 0 Å². The maximum atomic E-state index is 12.0. The third kappa shape index (κ3) is 2.55. The third-order valence-electron chi connectivity index (χ3n) is 3.75. The minimum absolute atomic E-state index is 0.129. The van der Waals surface area contributed by atoms with E-state index in [1.807, 2.05) is 6.92 Å². The van der Waals surface area contributed by atoms with E-state index < -0.39 is 0 Å². The van der Waals surface area contributed by atoms with Gasteiger partial charge in [-0.25, -0.2) is 0 Å². The van der Waals surface area contributed by atoms with E-state index in [9.17, 15) is 4.79 Å². The Hall–Kier alpha value is -0.610. The highest BCUT2D eigenvalue weighted by Gasteiger charge is 2.32. The third-order valence-corrected chi connectivity index (χ3v) is 3.75. The van der Waals surface area contributed by atoms with Gasteiger partial charge in [0.25, 0.3) is 0 Å². The molecule has 2 unspecified atom stereocenters. The normalized spacial score (nSPS) is 36.2. The Kier molecular flexibility index (Phi) is 3.82. The number of ether oxygens (including phenoxy) is 1. The van der Waals surface area contributed by atoms with E-state index in [4.69, 9.17) is 4.74 Å². The van der Waals surface area contributed by atoms with Gasteiger partial charge in [-0.15, -0.1) is 0 Å². The largest absolute Gasteiger partial charge is 0.376 e. The first-order chi connectivity index (χ1) is 7.68. The van der Waals surface area contributed by atoms with Crippen molar-refractivity contribution in [2.45, 2.75) is 38.8 Å². The molecule has 2 aliphatic heterocycles. The van der Waals surface area contributed by atoms with E-state index in [1.165, 1.54) is 0 Å². The van der Waals surface area contributed by atoms with Gasteiger partial charge in [-0.1, -0.05) is 6.92 Å². The predicted molar refractivity (Wildman–Crippen MR) is 62.1 cm³/mol. The Bertz CT molecular complexity index is 251. The van der Waals surface area contributed by atoms with Crippen molar-refractivity contribution in [3.05, 3.63) is 0 Å². The summed E-state index contributed by atoms with van der Waals surface area (Å²) in [7, 11) is 0. The molecule has 0 aliphatic carbocycles. The van der Waals surface area contributed by atoms with E-state index in [0.717, 1.165) is 32.5 Å². The zero-order valence-corrected chi connectivity index (χ0v) is 10.2. The SMILES string of the molecule is CC(NC(=O)[C@@H]1CNC[C@H]1C)C1CCCO1. The van der Waals surface area contributed by atoms with E-state index in [2.05, 4.69) is 17.6 Å². The molecule has 1 amide bonds. The number of hydrogen-bond donors (Lipinski definition) is 2. The molecule has 92 valence electrons. The van der Waals surface area contributed by atoms with Gasteiger partial charge >= 0.3 is 0 Å². The molecule has 0 radical (unpaired) electrons. The van der Waals surface area contributed by atoms with Gasteiger partial charge in [0, 0.05) is 13.2 Å². The second-order valence-electron chi connectivity index (χ2n) is 5.09. The molecule has 4 nitrogen and oxygen atoms in total. The smallest absolute Gasteiger partial charge is 0.225 e. The molecule has 0 aromatic carbocycles. The van der Waals surface area contributed by atoms with Gasteiger partial charge in [0.1, 0.15) is 0 Å². The fourth-order valence-electron chi connectivity index (χ4n) is 2.58. The molecular weight excluding hydrogens is 204 g/mol. The van der Waals surface area contributed by atoms with Crippen molar-refractivity contribution in [3.63, 3.8) is 0 Å². The molecule has 2 N–H and O–H groups in total. The van der Waals surface area contributed by atoms with Crippen LogP contribution >= 0.6 is 0 Å². The van der Waals surface area contributed by atoms with Crippen molar-refractivity contribution in [1.29, 1.82) is 0 Å². The monoisotopic (exact) mass is 226 g/mol. The lowest BCUT2D eigenvalue weighted by molar-refractivity contribution is -0.126. The standard InChI is InChI=1S/C12H22N2O2/c1-8-6-13-7-10(8)12(15)14-9(2)11-4-3-5-16-11/h8-11,13H,3-7H2,1-2H3,(H,14,15)/t8-,9?,10-,11?/m1/s1. The van der Waals surface area contributed by atoms with E-state index in [0.29, 0.717) is 5.92 Å². The lowest BCUT2D eigenvalue weighted by Crippen LogP contribution is -2.45. The summed E-state index contributed by atoms with van der Waals surface area (Å²) in [6.45, 7) is 6.77. The zero-order valence-electron chi connectivity index (χ0n) is 10.2. The molecule has 0 aromatic heterocycles. The Labute approximate surface area is 97.1 Å². The summed E-state index contributed by atoms with van der Waals surface area (Å²) in [6, 6.07) is 0.141. The molecule has 0 saturated carbocycles. The number of carbonyl (C=O) groups excluding carboxylic acids is 1. The Balaban J connectivity index is 1.81. The second kappa shape index (κ2) is 5.15. The number of carbonyl (C=O) groups is 1. The lowest BCUT2D eigenvalue weighted by atomic mass is 9.96. The molecule has 0 bridgehead atoms. The average molecular weight is 226 g/mol. The molecule has 4 atom stereocenters. The maximum absolute atomic E-state index is 12.0. The van der Waals surface area contributed by atoms with Crippen LogP contribution in [0.1, 0.15) is 26.7 Å². The minimum Gasteiger partial charge on any atom is -0.376 e. The summed E-state index contributed by atoms with van der Waals surface area (Å²) < 4.78 is 5.57. The van der Waals surface area contributed by atoms with E-state index in [1.54, 1.807) is 0 Å². The van der Waals surface area contributed by atoms with Crippen molar-refractivity contribution < 1.29 is 9.53 Å². The maximum Gasteiger partial charge on any atom is 0.225 e. The van der Waals surface area contributed by atoms with E-state index in [-0.39, 0.29) is 24.0 Å². The summed E-state index contributed by atoms with van der Waals surface area (Å²) in [5.74, 6) is 0.751. The van der Waals surface area contributed by atoms with Gasteiger partial charge < -0.3 is 15.4 Å². The first-order valence-electron chi connectivity index (χ1n) is 6.31. The number of nitrogens with one attached hydrogen (secondary N) is 2. The van der Waals surface area contributed by atoms with Crippen molar-refractivity contribution in [2.24, 2.45) is 11.8 Å². The van der Waals surface area contributed by atoms with Crippen molar-refractivity contribution >= 4 is 5.91 Å². The molecule has 2 heterocycles. The minimum atomic E-state index is 0.129. The van der Waals surface area contributed by atoms with Crippen LogP contribution in [0.2, 0.25) is 0 Å². The van der Waals surface area contributed by atoms with Crippen LogP contribution in [0.15, 0.2) is 0 Å². The molecule has 2 aliphatic rings. The second-order valence-corrected chi connectivity index (χ2v) is 5.09. The summed E-state index contributed by atoms with van der Waals surface area (Å²) in [5, 5.41) is 6.34. The van der Waals surface area contributed by atoms with Crippen LogP contribution in [0.3, 0.4) is 0 Å². The highest BCUT2D eigenvalue weighted by Crippen LogP contribution is 2.18. The van der Waals surface area contributed by atoms with Gasteiger partial charge in [0.15, 0.2) is 0 Å². The number of amides is 1. The Morgan fingerprint density at radius 1 is 1.50 bits per heavy atom. The van der Waals surface area contributed by atoms with E-state index >= 15 is 0 Å². The van der Waals surface area contributed by atoms with Crippen LogP contribution in [0.5, 0.6) is 0 Å². The molecule has 0 spiro atoms.